The van der Waals surface area contributed by atoms with Gasteiger partial charge in [-0.3, -0.25) is 4.68 Å². The Kier molecular flexibility index (Phi) is 2.21. The number of para-hydroxylation sites is 1. The largest absolute Gasteiger partial charge is 0.396 e. The Morgan fingerprint density at radius 2 is 2.25 bits per heavy atom. The summed E-state index contributed by atoms with van der Waals surface area (Å²) in [6, 6.07) is 6.79. The Morgan fingerprint density at radius 1 is 1.44 bits per heavy atom. The van der Waals surface area contributed by atoms with Gasteiger partial charge in [-0.25, -0.2) is 0 Å². The van der Waals surface area contributed by atoms with Crippen LogP contribution in [-0.4, -0.2) is 21.5 Å². The van der Waals surface area contributed by atoms with E-state index < -0.39 is 0 Å². The zero-order chi connectivity index (χ0) is 11.1. The van der Waals surface area contributed by atoms with Gasteiger partial charge < -0.3 is 5.11 Å². The van der Waals surface area contributed by atoms with Crippen LogP contribution in [0.2, 0.25) is 0 Å². The molecule has 1 saturated carbocycles. The molecule has 0 spiro atoms. The van der Waals surface area contributed by atoms with E-state index in [4.69, 9.17) is 5.11 Å². The van der Waals surface area contributed by atoms with Gasteiger partial charge in [-0.15, -0.1) is 0 Å². The standard InChI is InChI=1S/C13H16N2O/c1-9-3-2-4-11-7-14-15(13(9)11)12-5-10(6-12)8-16/h2-4,7,10,12,16H,5-6,8H2,1H3. The van der Waals surface area contributed by atoms with Crippen molar-refractivity contribution in [3.05, 3.63) is 30.0 Å². The summed E-state index contributed by atoms with van der Waals surface area (Å²) in [5.74, 6) is 0.480. The van der Waals surface area contributed by atoms with Crippen LogP contribution in [0.25, 0.3) is 10.9 Å². The van der Waals surface area contributed by atoms with E-state index >= 15 is 0 Å². The van der Waals surface area contributed by atoms with E-state index in [0.717, 1.165) is 12.8 Å². The molecule has 0 unspecified atom stereocenters. The lowest BCUT2D eigenvalue weighted by Gasteiger charge is -2.34. The molecule has 0 bridgehead atoms. The van der Waals surface area contributed by atoms with Crippen LogP contribution in [0.1, 0.15) is 24.4 Å². The van der Waals surface area contributed by atoms with Gasteiger partial charge in [-0.1, -0.05) is 18.2 Å². The minimum absolute atomic E-state index is 0.314. The van der Waals surface area contributed by atoms with Crippen molar-refractivity contribution >= 4 is 10.9 Å². The third kappa shape index (κ3) is 1.35. The van der Waals surface area contributed by atoms with Gasteiger partial charge in [0, 0.05) is 12.0 Å². The first kappa shape index (κ1) is 9.85. The van der Waals surface area contributed by atoms with E-state index in [0.29, 0.717) is 18.6 Å². The van der Waals surface area contributed by atoms with E-state index in [1.165, 1.54) is 16.5 Å². The average molecular weight is 216 g/mol. The fraction of sp³-hybridized carbons (Fsp3) is 0.462. The van der Waals surface area contributed by atoms with Crippen LogP contribution in [0.3, 0.4) is 0 Å². The number of hydrogen-bond acceptors (Lipinski definition) is 2. The highest BCUT2D eigenvalue weighted by Crippen LogP contribution is 2.38. The minimum Gasteiger partial charge on any atom is -0.396 e. The van der Waals surface area contributed by atoms with E-state index in [9.17, 15) is 0 Å². The lowest BCUT2D eigenvalue weighted by molar-refractivity contribution is 0.108. The number of aliphatic hydroxyl groups excluding tert-OH is 1. The maximum atomic E-state index is 9.04. The molecule has 84 valence electrons. The molecule has 0 aliphatic heterocycles. The second kappa shape index (κ2) is 3.59. The van der Waals surface area contributed by atoms with Crippen molar-refractivity contribution in [2.24, 2.45) is 5.92 Å². The smallest absolute Gasteiger partial charge is 0.0714 e. The second-order valence-electron chi connectivity index (χ2n) is 4.78. The Labute approximate surface area is 94.7 Å². The molecule has 1 aromatic carbocycles. The van der Waals surface area contributed by atoms with Gasteiger partial charge in [0.15, 0.2) is 0 Å². The molecule has 1 aliphatic rings. The summed E-state index contributed by atoms with van der Waals surface area (Å²) in [7, 11) is 0. The first-order valence-corrected chi connectivity index (χ1v) is 5.83. The monoisotopic (exact) mass is 216 g/mol. The van der Waals surface area contributed by atoms with E-state index in [2.05, 4.69) is 34.9 Å². The number of hydrogen-bond donors (Lipinski definition) is 1. The molecule has 2 aromatic rings. The summed E-state index contributed by atoms with van der Waals surface area (Å²) in [4.78, 5) is 0. The Bertz CT molecular complexity index is 512. The fourth-order valence-corrected chi connectivity index (χ4v) is 2.61. The van der Waals surface area contributed by atoms with Crippen LogP contribution in [0.4, 0.5) is 0 Å². The average Bonchev–Trinajstić information content (AvgIpc) is 2.62. The third-order valence-electron chi connectivity index (χ3n) is 3.63. The topological polar surface area (TPSA) is 38.0 Å². The van der Waals surface area contributed by atoms with Crippen molar-refractivity contribution in [3.63, 3.8) is 0 Å². The van der Waals surface area contributed by atoms with Crippen molar-refractivity contribution in [2.45, 2.75) is 25.8 Å². The molecule has 1 heterocycles. The molecular weight excluding hydrogens is 200 g/mol. The number of fused-ring (bicyclic) bond motifs is 1. The molecule has 3 rings (SSSR count). The van der Waals surface area contributed by atoms with Gasteiger partial charge in [0.1, 0.15) is 0 Å². The maximum Gasteiger partial charge on any atom is 0.0714 e. The SMILES string of the molecule is Cc1cccc2cnn(C3CC(CO)C3)c12. The highest BCUT2D eigenvalue weighted by atomic mass is 16.3. The van der Waals surface area contributed by atoms with Crippen molar-refractivity contribution < 1.29 is 5.11 Å². The van der Waals surface area contributed by atoms with Gasteiger partial charge >= 0.3 is 0 Å². The van der Waals surface area contributed by atoms with Gasteiger partial charge in [-0.05, 0) is 31.2 Å². The maximum absolute atomic E-state index is 9.04. The van der Waals surface area contributed by atoms with E-state index in [-0.39, 0.29) is 0 Å². The van der Waals surface area contributed by atoms with Crippen molar-refractivity contribution in [1.82, 2.24) is 9.78 Å². The van der Waals surface area contributed by atoms with Crippen LogP contribution >= 0.6 is 0 Å². The lowest BCUT2D eigenvalue weighted by Crippen LogP contribution is -2.29. The molecule has 1 fully saturated rings. The molecule has 16 heavy (non-hydrogen) atoms. The molecule has 1 aliphatic carbocycles. The Hall–Kier alpha value is -1.35. The Balaban J connectivity index is 1.99. The molecule has 1 aromatic heterocycles. The number of nitrogens with zero attached hydrogens (tertiary/aromatic N) is 2. The van der Waals surface area contributed by atoms with Crippen LogP contribution in [-0.2, 0) is 0 Å². The number of aliphatic hydroxyl groups is 1. The number of rotatable bonds is 2. The molecule has 0 saturated heterocycles. The van der Waals surface area contributed by atoms with Gasteiger partial charge in [0.05, 0.1) is 17.8 Å². The summed E-state index contributed by atoms with van der Waals surface area (Å²) in [6.07, 6.45) is 4.05. The molecule has 1 N–H and O–H groups in total. The molecule has 0 radical (unpaired) electrons. The van der Waals surface area contributed by atoms with Gasteiger partial charge in [0.2, 0.25) is 0 Å². The summed E-state index contributed by atoms with van der Waals surface area (Å²) >= 11 is 0. The number of aromatic nitrogens is 2. The van der Waals surface area contributed by atoms with Gasteiger partial charge in [0.25, 0.3) is 0 Å². The minimum atomic E-state index is 0.314. The van der Waals surface area contributed by atoms with Crippen LogP contribution < -0.4 is 0 Å². The normalized spacial score (nSPS) is 24.6. The summed E-state index contributed by atoms with van der Waals surface area (Å²) in [6.45, 7) is 2.44. The molecular formula is C13H16N2O. The summed E-state index contributed by atoms with van der Waals surface area (Å²) < 4.78 is 2.14. The highest BCUT2D eigenvalue weighted by molar-refractivity contribution is 5.81. The third-order valence-corrected chi connectivity index (χ3v) is 3.63. The highest BCUT2D eigenvalue weighted by Gasteiger charge is 2.31. The number of aryl methyl sites for hydroxylation is 1. The fourth-order valence-electron chi connectivity index (χ4n) is 2.61. The van der Waals surface area contributed by atoms with Crippen LogP contribution in [0.5, 0.6) is 0 Å². The molecule has 0 atom stereocenters. The van der Waals surface area contributed by atoms with Crippen molar-refractivity contribution in [1.29, 1.82) is 0 Å². The van der Waals surface area contributed by atoms with Gasteiger partial charge in [-0.2, -0.15) is 5.10 Å². The molecule has 3 heteroatoms. The van der Waals surface area contributed by atoms with Crippen LogP contribution in [0, 0.1) is 12.8 Å². The van der Waals surface area contributed by atoms with Crippen molar-refractivity contribution in [2.75, 3.05) is 6.61 Å². The summed E-state index contributed by atoms with van der Waals surface area (Å²) in [5.41, 5.74) is 2.53. The predicted molar refractivity (Wildman–Crippen MR) is 63.3 cm³/mol. The zero-order valence-corrected chi connectivity index (χ0v) is 9.43. The Morgan fingerprint density at radius 3 is 3.00 bits per heavy atom. The first-order chi connectivity index (χ1) is 7.79. The zero-order valence-electron chi connectivity index (χ0n) is 9.43. The number of benzene rings is 1. The van der Waals surface area contributed by atoms with Crippen molar-refractivity contribution in [3.8, 4) is 0 Å². The second-order valence-corrected chi connectivity index (χ2v) is 4.78. The predicted octanol–water partition coefficient (Wildman–Crippen LogP) is 2.29. The lowest BCUT2D eigenvalue weighted by atomic mass is 9.81. The van der Waals surface area contributed by atoms with Crippen LogP contribution in [0.15, 0.2) is 24.4 Å². The quantitative estimate of drug-likeness (QED) is 0.836. The molecule has 3 nitrogen and oxygen atoms in total. The first-order valence-electron chi connectivity index (χ1n) is 5.83. The van der Waals surface area contributed by atoms with E-state index in [1.807, 2.05) is 6.20 Å². The molecule has 0 amide bonds. The van der Waals surface area contributed by atoms with E-state index in [1.54, 1.807) is 0 Å². The summed E-state index contributed by atoms with van der Waals surface area (Å²) in [5, 5.41) is 14.7.